The van der Waals surface area contributed by atoms with E-state index < -0.39 is 12.0 Å². The Labute approximate surface area is 75.0 Å². The van der Waals surface area contributed by atoms with Crippen LogP contribution < -0.4 is 10.5 Å². The first-order valence-corrected chi connectivity index (χ1v) is 3.76. The number of aliphatic imine (C=N–C) groups is 1. The lowest BCUT2D eigenvalue weighted by atomic mass is 10.4. The molecule has 0 spiro atoms. The minimum Gasteiger partial charge on any atom is -0.480 e. The van der Waals surface area contributed by atoms with Gasteiger partial charge in [-0.1, -0.05) is 12.8 Å². The van der Waals surface area contributed by atoms with Gasteiger partial charge in [0.05, 0.1) is 0 Å². The van der Waals surface area contributed by atoms with Crippen molar-refractivity contribution in [2.24, 2.45) is 10.7 Å². The van der Waals surface area contributed by atoms with Crippen LogP contribution in [0.4, 0.5) is 0 Å². The number of guanidine groups is 1. The topological polar surface area (TPSA) is 87.7 Å². The van der Waals surface area contributed by atoms with Crippen molar-refractivity contribution in [1.82, 2.24) is 4.72 Å². The quantitative estimate of drug-likeness (QED) is 0.230. The predicted molar refractivity (Wildman–Crippen MR) is 49.0 cm³/mol. The van der Waals surface area contributed by atoms with Gasteiger partial charge in [0.2, 0.25) is 0 Å². The van der Waals surface area contributed by atoms with Crippen molar-refractivity contribution >= 4 is 37.4 Å². The third kappa shape index (κ3) is 3.99. The molecular weight excluding hydrogens is 186 g/mol. The lowest BCUT2D eigenvalue weighted by Crippen LogP contribution is -2.30. The molecule has 7 heteroatoms. The number of nitrogens with two attached hydrogens (primary N) is 1. The standard InChI is InChI=1S/C4H9N3O2S2/c5-4(7-11)6-2(1-10)3(8)9/h2,10-11H,1H2,(H,8,9)(H3,5,6,7). The van der Waals surface area contributed by atoms with Gasteiger partial charge in [0.1, 0.15) is 0 Å². The van der Waals surface area contributed by atoms with Gasteiger partial charge in [0.15, 0.2) is 12.0 Å². The van der Waals surface area contributed by atoms with Crippen LogP contribution in [0.15, 0.2) is 4.99 Å². The fourth-order valence-electron chi connectivity index (χ4n) is 0.371. The Bertz CT molecular complexity index is 173. The lowest BCUT2D eigenvalue weighted by molar-refractivity contribution is -0.137. The van der Waals surface area contributed by atoms with Crippen molar-refractivity contribution in [1.29, 1.82) is 0 Å². The summed E-state index contributed by atoms with van der Waals surface area (Å²) in [4.78, 5) is 13.9. The summed E-state index contributed by atoms with van der Waals surface area (Å²) in [6.45, 7) is 0. The Hall–Kier alpha value is -0.560. The molecule has 0 saturated heterocycles. The normalized spacial score (nSPS) is 14.2. The summed E-state index contributed by atoms with van der Waals surface area (Å²) in [5.41, 5.74) is 5.15. The minimum absolute atomic E-state index is 0.0326. The molecule has 64 valence electrons. The first-order chi connectivity index (χ1) is 5.11. The number of aliphatic carboxylic acids is 1. The van der Waals surface area contributed by atoms with Gasteiger partial charge in [-0.05, 0) is 0 Å². The Morgan fingerprint density at radius 3 is 2.64 bits per heavy atom. The Morgan fingerprint density at radius 2 is 2.36 bits per heavy atom. The molecule has 0 aliphatic carbocycles. The fraction of sp³-hybridized carbons (Fsp3) is 0.500. The average molecular weight is 195 g/mol. The molecule has 0 rings (SSSR count). The highest BCUT2D eigenvalue weighted by atomic mass is 32.1. The van der Waals surface area contributed by atoms with Crippen molar-refractivity contribution in [3.05, 3.63) is 0 Å². The van der Waals surface area contributed by atoms with Crippen LogP contribution in [0.5, 0.6) is 0 Å². The van der Waals surface area contributed by atoms with E-state index in [4.69, 9.17) is 10.8 Å². The van der Waals surface area contributed by atoms with Crippen LogP contribution in [0.1, 0.15) is 0 Å². The smallest absolute Gasteiger partial charge is 0.329 e. The first kappa shape index (κ1) is 10.4. The molecule has 1 atom stereocenters. The van der Waals surface area contributed by atoms with E-state index in [0.717, 1.165) is 0 Å². The van der Waals surface area contributed by atoms with E-state index in [1.807, 2.05) is 0 Å². The van der Waals surface area contributed by atoms with Gasteiger partial charge in [-0.2, -0.15) is 12.6 Å². The van der Waals surface area contributed by atoms with Crippen molar-refractivity contribution in [3.63, 3.8) is 0 Å². The third-order valence-corrected chi connectivity index (χ3v) is 1.44. The SMILES string of the molecule is NC(=NC(CS)C(=O)O)NS. The Balaban J connectivity index is 4.17. The summed E-state index contributed by atoms with van der Waals surface area (Å²) in [5.74, 6) is -0.993. The zero-order valence-corrected chi connectivity index (χ0v) is 7.35. The fourth-order valence-corrected chi connectivity index (χ4v) is 0.666. The number of thiol groups is 2. The summed E-state index contributed by atoms with van der Waals surface area (Å²) in [6, 6.07) is -0.919. The van der Waals surface area contributed by atoms with Crippen LogP contribution in [0.25, 0.3) is 0 Å². The highest BCUT2D eigenvalue weighted by molar-refractivity contribution is 7.80. The van der Waals surface area contributed by atoms with Crippen LogP contribution in [-0.2, 0) is 4.79 Å². The van der Waals surface area contributed by atoms with Gasteiger partial charge in [-0.3, -0.25) is 0 Å². The number of carbonyl (C=O) groups is 1. The monoisotopic (exact) mass is 195 g/mol. The van der Waals surface area contributed by atoms with Gasteiger partial charge >= 0.3 is 5.97 Å². The molecule has 4 N–H and O–H groups in total. The summed E-state index contributed by atoms with van der Waals surface area (Å²) in [6.07, 6.45) is 0. The maximum Gasteiger partial charge on any atom is 0.329 e. The van der Waals surface area contributed by atoms with Crippen molar-refractivity contribution in [2.75, 3.05) is 5.75 Å². The van der Waals surface area contributed by atoms with Gasteiger partial charge in [-0.15, -0.1) is 0 Å². The largest absolute Gasteiger partial charge is 0.480 e. The van der Waals surface area contributed by atoms with Gasteiger partial charge < -0.3 is 15.6 Å². The molecule has 0 aromatic rings. The third-order valence-electron chi connectivity index (χ3n) is 0.867. The van der Waals surface area contributed by atoms with Crippen molar-refractivity contribution in [3.8, 4) is 0 Å². The number of hydrogen-bond donors (Lipinski definition) is 5. The molecule has 0 aliphatic rings. The second-order valence-electron chi connectivity index (χ2n) is 1.66. The number of nitrogens with one attached hydrogen (secondary N) is 1. The van der Waals surface area contributed by atoms with Crippen LogP contribution in [0.2, 0.25) is 0 Å². The summed E-state index contributed by atoms with van der Waals surface area (Å²) in [5, 5.41) is 8.45. The van der Waals surface area contributed by atoms with Gasteiger partial charge in [-0.25, -0.2) is 9.79 Å². The molecule has 0 bridgehead atoms. The lowest BCUT2D eigenvalue weighted by Gasteiger charge is -2.03. The highest BCUT2D eigenvalue weighted by Crippen LogP contribution is 1.93. The van der Waals surface area contributed by atoms with Crippen LogP contribution >= 0.6 is 25.4 Å². The molecule has 0 fully saturated rings. The molecule has 0 radical (unpaired) electrons. The van der Waals surface area contributed by atoms with E-state index in [-0.39, 0.29) is 11.7 Å². The van der Waals surface area contributed by atoms with Crippen molar-refractivity contribution in [2.45, 2.75) is 6.04 Å². The number of carboxylic acids is 1. The van der Waals surface area contributed by atoms with Gasteiger partial charge in [0, 0.05) is 5.75 Å². The number of hydrogen-bond acceptors (Lipinski definition) is 4. The molecule has 1 unspecified atom stereocenters. The maximum atomic E-state index is 10.3. The van der Waals surface area contributed by atoms with E-state index >= 15 is 0 Å². The second-order valence-corrected chi connectivity index (χ2v) is 2.25. The summed E-state index contributed by atoms with van der Waals surface area (Å²) >= 11 is 7.35. The Kier molecular flexibility index (Phi) is 4.88. The van der Waals surface area contributed by atoms with E-state index in [2.05, 4.69) is 35.2 Å². The summed E-state index contributed by atoms with van der Waals surface area (Å²) < 4.78 is 2.21. The number of nitrogens with zero attached hydrogens (tertiary/aromatic N) is 1. The number of rotatable bonds is 3. The molecule has 0 heterocycles. The highest BCUT2D eigenvalue weighted by Gasteiger charge is 2.13. The van der Waals surface area contributed by atoms with E-state index in [1.54, 1.807) is 0 Å². The molecule has 0 aromatic heterocycles. The molecule has 5 nitrogen and oxygen atoms in total. The molecule has 11 heavy (non-hydrogen) atoms. The van der Waals surface area contributed by atoms with Crippen LogP contribution in [-0.4, -0.2) is 28.8 Å². The average Bonchev–Trinajstić information content (AvgIpc) is 1.99. The first-order valence-electron chi connectivity index (χ1n) is 2.68. The van der Waals surface area contributed by atoms with E-state index in [1.165, 1.54) is 0 Å². The summed E-state index contributed by atoms with van der Waals surface area (Å²) in [7, 11) is 0. The predicted octanol–water partition coefficient (Wildman–Crippen LogP) is -0.882. The maximum absolute atomic E-state index is 10.3. The number of carboxylic acid groups (broad SMARTS) is 1. The van der Waals surface area contributed by atoms with Crippen LogP contribution in [0.3, 0.4) is 0 Å². The minimum atomic E-state index is -1.06. The van der Waals surface area contributed by atoms with Gasteiger partial charge in [0.25, 0.3) is 0 Å². The second kappa shape index (κ2) is 5.14. The Morgan fingerprint density at radius 1 is 1.82 bits per heavy atom. The molecule has 0 amide bonds. The molecule has 0 aromatic carbocycles. The van der Waals surface area contributed by atoms with E-state index in [0.29, 0.717) is 0 Å². The molecule has 0 aliphatic heterocycles. The van der Waals surface area contributed by atoms with E-state index in [9.17, 15) is 4.79 Å². The molecule has 0 saturated carbocycles. The zero-order chi connectivity index (χ0) is 8.85. The molecular formula is C4H9N3O2S2. The zero-order valence-electron chi connectivity index (χ0n) is 5.56. The van der Waals surface area contributed by atoms with Crippen molar-refractivity contribution < 1.29 is 9.90 Å². The van der Waals surface area contributed by atoms with Crippen LogP contribution in [0, 0.1) is 0 Å².